The smallest absolute Gasteiger partial charge is 0.206 e. The highest BCUT2D eigenvalue weighted by atomic mass is 79.9. The number of thioether (sulfide) groups is 1. The number of ether oxygens (including phenoxy) is 2. The first-order valence-corrected chi connectivity index (χ1v) is 27.0. The molecule has 0 aliphatic carbocycles. The minimum atomic E-state index is -0.198. The number of nitrogen functional groups attached to an aromatic ring is 1. The molecule has 0 radical (unpaired) electrons. The molecule has 3 heterocycles. The number of halogens is 1. The van der Waals surface area contributed by atoms with Crippen LogP contribution in [0, 0.1) is 0 Å². The number of aromatic hydroxyl groups is 2. The summed E-state index contributed by atoms with van der Waals surface area (Å²) in [5, 5.41) is 27.5. The summed E-state index contributed by atoms with van der Waals surface area (Å²) in [6, 6.07) is 26.3. The van der Waals surface area contributed by atoms with Crippen LogP contribution < -0.4 is 31.6 Å². The van der Waals surface area contributed by atoms with Crippen molar-refractivity contribution in [3.8, 4) is 23.0 Å². The topological polar surface area (TPSA) is 201 Å². The predicted octanol–water partition coefficient (Wildman–Crippen LogP) is 10.7. The van der Waals surface area contributed by atoms with Crippen molar-refractivity contribution in [3.63, 3.8) is 0 Å². The summed E-state index contributed by atoms with van der Waals surface area (Å²) in [5.41, 5.74) is 16.3. The van der Waals surface area contributed by atoms with E-state index in [9.17, 15) is 19.8 Å². The normalized spacial score (nSPS) is 15.6. The molecule has 7 rings (SSSR count). The number of aromatic nitrogens is 1. The van der Waals surface area contributed by atoms with Gasteiger partial charge in [0.2, 0.25) is 5.78 Å². The van der Waals surface area contributed by atoms with Crippen molar-refractivity contribution in [3.05, 3.63) is 112 Å². The van der Waals surface area contributed by atoms with Gasteiger partial charge < -0.3 is 51.6 Å². The molecule has 2 aliphatic rings. The van der Waals surface area contributed by atoms with E-state index in [4.69, 9.17) is 33.2 Å². The Morgan fingerprint density at radius 1 is 0.831 bits per heavy atom. The number of benzene rings is 4. The van der Waals surface area contributed by atoms with E-state index in [-0.39, 0.29) is 38.8 Å². The molecule has 14 nitrogen and oxygen atoms in total. The molecule has 2 saturated heterocycles. The molecule has 384 valence electrons. The van der Waals surface area contributed by atoms with Crippen LogP contribution >= 0.6 is 61.1 Å². The largest absolute Gasteiger partial charge is 0.508 e. The Kier molecular flexibility index (Phi) is 25.1. The van der Waals surface area contributed by atoms with E-state index in [0.717, 1.165) is 78.7 Å². The maximum Gasteiger partial charge on any atom is 0.206 e. The average molecular weight is 1110 g/mol. The number of nitrogens with two attached hydrogens (primary N) is 2. The van der Waals surface area contributed by atoms with Gasteiger partial charge >= 0.3 is 0 Å². The van der Waals surface area contributed by atoms with Gasteiger partial charge in [0, 0.05) is 34.6 Å². The number of aryl methyl sites for hydroxylation is 2. The lowest BCUT2D eigenvalue weighted by atomic mass is 10.0. The van der Waals surface area contributed by atoms with Gasteiger partial charge in [-0.2, -0.15) is 14.9 Å². The molecule has 0 bridgehead atoms. The van der Waals surface area contributed by atoms with Gasteiger partial charge in [-0.25, -0.2) is 4.98 Å². The SMILES string of the molecule is CCCc1cc(C(=O)CBr)ccc1O.CCCc1cc(C(=O)c2sc(Nc3ccc(OCC4CCCN4C)cc3)nc2N)ccc1O.CCSC(N)=NC(=S)Nc1ccc(OC[C@@H]2CCCN2C)cc1.P. The van der Waals surface area contributed by atoms with E-state index in [1.54, 1.807) is 36.4 Å². The van der Waals surface area contributed by atoms with E-state index >= 15 is 0 Å². The molecule has 3 atom stereocenters. The molecule has 2 aliphatic heterocycles. The first kappa shape index (κ1) is 58.8. The summed E-state index contributed by atoms with van der Waals surface area (Å²) in [5.74, 6) is 3.09. The number of nitrogens with zero attached hydrogens (tertiary/aromatic N) is 4. The van der Waals surface area contributed by atoms with Crippen molar-refractivity contribution in [1.29, 1.82) is 0 Å². The Labute approximate surface area is 444 Å². The lowest BCUT2D eigenvalue weighted by Gasteiger charge is -2.19. The second-order valence-electron chi connectivity index (χ2n) is 17.0. The number of hydrogen-bond donors (Lipinski definition) is 6. The van der Waals surface area contributed by atoms with E-state index in [1.807, 2.05) is 69.3 Å². The Morgan fingerprint density at radius 3 is 1.82 bits per heavy atom. The number of carbonyl (C=O) groups is 2. The van der Waals surface area contributed by atoms with Crippen molar-refractivity contribution >= 4 is 105 Å². The first-order valence-electron chi connectivity index (χ1n) is 23.7. The van der Waals surface area contributed by atoms with Gasteiger partial charge in [0.15, 0.2) is 21.2 Å². The van der Waals surface area contributed by atoms with Gasteiger partial charge in [-0.05, 0) is 180 Å². The number of thiocarbonyl (C=S) groups is 1. The number of aliphatic imine (C=N–C) groups is 1. The number of rotatable bonds is 18. The molecule has 2 fully saturated rings. The van der Waals surface area contributed by atoms with Crippen LogP contribution in [0.25, 0.3) is 0 Å². The third-order valence-corrected chi connectivity index (χ3v) is 14.1. The number of likely N-dealkylation sites (tertiary alicyclic amines) is 2. The zero-order valence-electron chi connectivity index (χ0n) is 41.4. The Bertz CT molecular complexity index is 2520. The zero-order valence-corrected chi connectivity index (χ0v) is 46.9. The van der Waals surface area contributed by atoms with E-state index in [2.05, 4.69) is 60.4 Å². The molecule has 5 aromatic rings. The molecule has 0 amide bonds. The fourth-order valence-corrected chi connectivity index (χ4v) is 9.69. The number of anilines is 4. The van der Waals surface area contributed by atoms with Gasteiger partial charge in [-0.15, -0.1) is 0 Å². The van der Waals surface area contributed by atoms with Crippen molar-refractivity contribution in [1.82, 2.24) is 14.8 Å². The number of ketones is 2. The second-order valence-corrected chi connectivity index (χ2v) is 20.2. The number of amidine groups is 1. The van der Waals surface area contributed by atoms with Crippen molar-refractivity contribution in [2.75, 3.05) is 67.8 Å². The predicted molar refractivity (Wildman–Crippen MR) is 308 cm³/mol. The molecule has 2 unspecified atom stereocenters. The Morgan fingerprint density at radius 2 is 1.34 bits per heavy atom. The molecule has 4 aromatic carbocycles. The van der Waals surface area contributed by atoms with Crippen LogP contribution in [0.15, 0.2) is 89.9 Å². The summed E-state index contributed by atoms with van der Waals surface area (Å²) in [4.78, 5) is 37.9. The molecular formula is C52H70BrN8O6PS3. The van der Waals surface area contributed by atoms with Gasteiger partial charge in [0.1, 0.15) is 46.9 Å². The number of alkyl halides is 1. The number of thiazole rings is 1. The molecule has 1 aromatic heterocycles. The number of phenolic OH excluding ortho intramolecular Hbond substituents is 2. The highest BCUT2D eigenvalue weighted by Gasteiger charge is 2.23. The fraction of sp³-hybridized carbons (Fsp3) is 0.404. The van der Waals surface area contributed by atoms with Crippen LogP contribution in [0.5, 0.6) is 23.0 Å². The van der Waals surface area contributed by atoms with E-state index in [1.165, 1.54) is 48.8 Å². The highest BCUT2D eigenvalue weighted by molar-refractivity contribution is 9.09. The highest BCUT2D eigenvalue weighted by Crippen LogP contribution is 2.32. The van der Waals surface area contributed by atoms with Crippen LogP contribution in [-0.2, 0) is 12.8 Å². The first-order chi connectivity index (χ1) is 33.7. The maximum absolute atomic E-state index is 13.0. The molecular weight excluding hydrogens is 1040 g/mol. The van der Waals surface area contributed by atoms with Crippen molar-refractivity contribution in [2.45, 2.75) is 84.2 Å². The summed E-state index contributed by atoms with van der Waals surface area (Å²) in [6.07, 6.45) is 8.20. The molecule has 0 saturated carbocycles. The minimum Gasteiger partial charge on any atom is -0.508 e. The number of hydrogen-bond acceptors (Lipinski definition) is 14. The fourth-order valence-electron chi connectivity index (χ4n) is 7.77. The Balaban J connectivity index is 0.000000251. The van der Waals surface area contributed by atoms with Crippen LogP contribution in [0.4, 0.5) is 22.3 Å². The molecule has 19 heteroatoms. The van der Waals surface area contributed by atoms with E-state index in [0.29, 0.717) is 61.9 Å². The zero-order chi connectivity index (χ0) is 50.6. The number of carbonyl (C=O) groups excluding carboxylic acids is 2. The lowest BCUT2D eigenvalue weighted by molar-refractivity contribution is 0.102. The summed E-state index contributed by atoms with van der Waals surface area (Å²) < 4.78 is 11.8. The summed E-state index contributed by atoms with van der Waals surface area (Å²) in [7, 11) is 4.29. The van der Waals surface area contributed by atoms with Crippen LogP contribution in [-0.4, -0.2) is 110 Å². The van der Waals surface area contributed by atoms with Crippen molar-refractivity contribution < 1.29 is 29.3 Å². The summed E-state index contributed by atoms with van der Waals surface area (Å²) in [6.45, 7) is 9.80. The third kappa shape index (κ3) is 18.6. The third-order valence-electron chi connectivity index (χ3n) is 11.7. The molecule has 71 heavy (non-hydrogen) atoms. The Hall–Kier alpha value is -4.81. The molecule has 8 N–H and O–H groups in total. The monoisotopic (exact) mass is 1110 g/mol. The quantitative estimate of drug-likeness (QED) is 0.0121. The van der Waals surface area contributed by atoms with Crippen molar-refractivity contribution in [2.24, 2.45) is 10.7 Å². The number of likely N-dealkylation sites (N-methyl/N-ethyl adjacent to an activating group) is 2. The number of nitrogens with one attached hydrogen (secondary N) is 2. The average Bonchev–Trinajstić information content (AvgIpc) is 4.08. The van der Waals surface area contributed by atoms with Gasteiger partial charge in [-0.3, -0.25) is 9.59 Å². The standard InChI is InChI=1S/C25H30N4O3S.C16H24N4OS2.C11H13BrO2.H3P/c1-3-5-16-14-17(7-12-21(16)30)22(31)23-24(26)28-25(33-23)27-18-8-10-20(11-9-18)32-15-19-6-4-13-29(19)2;1-3-23-15(17)19-16(22)18-12-6-8-14(9-7-12)21-11-13-5-4-10-20(13)2;1-2-3-8-6-9(11(14)7-12)4-5-10(8)13;/h7-12,14,19,30H,3-6,13,15,26H2,1-2H3,(H,27,28);6-9,13H,3-5,10-11H2,1-2H3,(H3,17,18,19,22);4-6,13H,2-3,7H2,1H3;1H3/t;13-;;/m.0../s1. The van der Waals surface area contributed by atoms with Gasteiger partial charge in [0.05, 0.1) is 5.33 Å². The van der Waals surface area contributed by atoms with Crippen LogP contribution in [0.2, 0.25) is 0 Å². The number of Topliss-reactive ketones (excluding diaryl/α,β-unsaturated/α-hetero) is 1. The lowest BCUT2D eigenvalue weighted by Crippen LogP contribution is -2.30. The van der Waals surface area contributed by atoms with Gasteiger partial charge in [0.25, 0.3) is 0 Å². The van der Waals surface area contributed by atoms with E-state index < -0.39 is 0 Å². The molecule has 0 spiro atoms. The minimum absolute atomic E-state index is 0. The second kappa shape index (κ2) is 30.3. The summed E-state index contributed by atoms with van der Waals surface area (Å²) >= 11 is 11.0. The van der Waals surface area contributed by atoms with Gasteiger partial charge in [-0.1, -0.05) is 72.6 Å². The van der Waals surface area contributed by atoms with Crippen LogP contribution in [0.3, 0.4) is 0 Å². The number of phenols is 2. The maximum atomic E-state index is 13.0. The van der Waals surface area contributed by atoms with Crippen LogP contribution in [0.1, 0.15) is 96.0 Å².